The van der Waals surface area contributed by atoms with Gasteiger partial charge in [-0.15, -0.1) is 0 Å². The number of rotatable bonds is 3. The van der Waals surface area contributed by atoms with Gasteiger partial charge in [-0.25, -0.2) is 4.79 Å². The molecule has 0 saturated heterocycles. The number of hydrogen-bond acceptors (Lipinski definition) is 3. The third kappa shape index (κ3) is 2.72. The average molecular weight is 290 g/mol. The van der Waals surface area contributed by atoms with E-state index in [1.54, 1.807) is 19.1 Å². The Kier molecular flexibility index (Phi) is 3.93. The maximum atomic E-state index is 11.7. The summed E-state index contributed by atoms with van der Waals surface area (Å²) in [4.78, 5) is 22.8. The van der Waals surface area contributed by atoms with Crippen molar-refractivity contribution in [3.63, 3.8) is 0 Å². The highest BCUT2D eigenvalue weighted by atomic mass is 16.4. The van der Waals surface area contributed by atoms with Gasteiger partial charge < -0.3 is 10.2 Å². The first-order valence-corrected chi connectivity index (χ1v) is 7.26. The molecule has 0 heterocycles. The fourth-order valence-electron chi connectivity index (χ4n) is 3.28. The zero-order chi connectivity index (χ0) is 15.8. The van der Waals surface area contributed by atoms with Gasteiger partial charge in [0, 0.05) is 17.4 Å². The second kappa shape index (κ2) is 5.26. The minimum Gasteiger partial charge on any atom is -0.478 e. The van der Waals surface area contributed by atoms with Gasteiger partial charge in [-0.3, -0.25) is 4.79 Å². The van der Waals surface area contributed by atoms with Crippen LogP contribution >= 0.6 is 0 Å². The normalized spacial score (nSPS) is 29.1. The van der Waals surface area contributed by atoms with Crippen molar-refractivity contribution in [1.29, 1.82) is 0 Å². The summed E-state index contributed by atoms with van der Waals surface area (Å²) in [6, 6.07) is 0. The van der Waals surface area contributed by atoms with E-state index < -0.39 is 17.0 Å². The molecule has 0 spiro atoms. The van der Waals surface area contributed by atoms with E-state index >= 15 is 0 Å². The van der Waals surface area contributed by atoms with Crippen LogP contribution in [0.1, 0.15) is 46.5 Å². The molecular weight excluding hydrogens is 268 g/mol. The molecule has 21 heavy (non-hydrogen) atoms. The Balaban J connectivity index is 2.39. The van der Waals surface area contributed by atoms with E-state index in [1.165, 1.54) is 6.08 Å². The summed E-state index contributed by atoms with van der Waals surface area (Å²) in [6.07, 6.45) is 7.27. The van der Waals surface area contributed by atoms with Crippen molar-refractivity contribution in [2.45, 2.75) is 52.1 Å². The van der Waals surface area contributed by atoms with Crippen LogP contribution in [0.4, 0.5) is 0 Å². The molecule has 4 nitrogen and oxygen atoms in total. The number of allylic oxidation sites excluding steroid dienone is 3. The smallest absolute Gasteiger partial charge is 0.331 e. The van der Waals surface area contributed by atoms with E-state index in [4.69, 9.17) is 5.11 Å². The third-order valence-electron chi connectivity index (χ3n) is 4.67. The fraction of sp³-hybridized carbons (Fsp3) is 0.529. The van der Waals surface area contributed by atoms with Crippen LogP contribution in [-0.2, 0) is 9.59 Å². The maximum absolute atomic E-state index is 11.7. The number of carboxylic acids is 1. The van der Waals surface area contributed by atoms with Crippen LogP contribution in [0, 0.1) is 5.41 Å². The third-order valence-corrected chi connectivity index (χ3v) is 4.67. The Morgan fingerprint density at radius 3 is 2.57 bits per heavy atom. The van der Waals surface area contributed by atoms with Crippen LogP contribution in [-0.4, -0.2) is 27.6 Å². The van der Waals surface area contributed by atoms with Crippen LogP contribution in [0.2, 0.25) is 0 Å². The molecule has 0 fully saturated rings. The Morgan fingerprint density at radius 1 is 1.33 bits per heavy atom. The lowest BCUT2D eigenvalue weighted by Crippen LogP contribution is -2.48. The van der Waals surface area contributed by atoms with E-state index in [9.17, 15) is 14.7 Å². The minimum absolute atomic E-state index is 0.0156. The van der Waals surface area contributed by atoms with Crippen molar-refractivity contribution < 1.29 is 19.8 Å². The number of carboxylic acid groups (broad SMARTS) is 1. The zero-order valence-electron chi connectivity index (χ0n) is 12.8. The van der Waals surface area contributed by atoms with Crippen LogP contribution in [0.5, 0.6) is 0 Å². The van der Waals surface area contributed by atoms with E-state index in [0.717, 1.165) is 18.4 Å². The van der Waals surface area contributed by atoms with Crippen LogP contribution in [0.15, 0.2) is 34.9 Å². The number of aliphatic hydroxyl groups is 1. The molecule has 0 aromatic heterocycles. The van der Waals surface area contributed by atoms with E-state index in [0.29, 0.717) is 17.6 Å². The quantitative estimate of drug-likeness (QED) is 0.838. The Labute approximate surface area is 124 Å². The summed E-state index contributed by atoms with van der Waals surface area (Å²) >= 11 is 0. The molecule has 2 rings (SSSR count). The molecule has 1 unspecified atom stereocenters. The number of aliphatic carboxylic acids is 1. The summed E-state index contributed by atoms with van der Waals surface area (Å²) in [5.41, 5.74) is -0.0182. The van der Waals surface area contributed by atoms with Crippen LogP contribution < -0.4 is 0 Å². The van der Waals surface area contributed by atoms with Crippen molar-refractivity contribution in [3.05, 3.63) is 34.9 Å². The molecule has 0 radical (unpaired) electrons. The molecule has 4 heteroatoms. The average Bonchev–Trinajstić information content (AvgIpc) is 2.81. The maximum Gasteiger partial charge on any atom is 0.331 e. The molecule has 2 N–H and O–H groups in total. The number of carbonyl (C=O) groups is 2. The molecule has 0 bridgehead atoms. The Bertz CT molecular complexity index is 578. The molecule has 2 aliphatic carbocycles. The predicted octanol–water partition coefficient (Wildman–Crippen LogP) is 2.78. The first-order chi connectivity index (χ1) is 9.67. The van der Waals surface area contributed by atoms with Crippen molar-refractivity contribution in [3.8, 4) is 0 Å². The van der Waals surface area contributed by atoms with Crippen molar-refractivity contribution in [1.82, 2.24) is 0 Å². The zero-order valence-corrected chi connectivity index (χ0v) is 12.8. The summed E-state index contributed by atoms with van der Waals surface area (Å²) in [5, 5.41) is 20.2. The predicted molar refractivity (Wildman–Crippen MR) is 79.8 cm³/mol. The van der Waals surface area contributed by atoms with Gasteiger partial charge in [-0.1, -0.05) is 19.9 Å². The number of hydrogen-bond donors (Lipinski definition) is 2. The summed E-state index contributed by atoms with van der Waals surface area (Å²) < 4.78 is 0. The molecule has 0 aromatic carbocycles. The highest BCUT2D eigenvalue weighted by Gasteiger charge is 2.46. The van der Waals surface area contributed by atoms with Crippen LogP contribution in [0.3, 0.4) is 0 Å². The summed E-state index contributed by atoms with van der Waals surface area (Å²) in [6.45, 7) is 5.45. The van der Waals surface area contributed by atoms with Gasteiger partial charge in [-0.05, 0) is 49.5 Å². The molecule has 0 amide bonds. The first kappa shape index (κ1) is 15.7. The van der Waals surface area contributed by atoms with Crippen molar-refractivity contribution in [2.75, 3.05) is 0 Å². The highest BCUT2D eigenvalue weighted by Crippen LogP contribution is 2.44. The highest BCUT2D eigenvalue weighted by molar-refractivity contribution is 5.93. The molecule has 1 atom stereocenters. The Hall–Kier alpha value is -1.68. The van der Waals surface area contributed by atoms with Gasteiger partial charge in [-0.2, -0.15) is 0 Å². The van der Waals surface area contributed by atoms with Gasteiger partial charge in [0.25, 0.3) is 0 Å². The molecule has 0 saturated carbocycles. The van der Waals surface area contributed by atoms with Gasteiger partial charge >= 0.3 is 5.97 Å². The SMILES string of the molecule is CC1=CC(=O)CC(C)(C)C1(O)C=CC1=C(C(=O)O)CCC1. The molecular formula is C17H22O4. The lowest BCUT2D eigenvalue weighted by atomic mass is 9.64. The van der Waals surface area contributed by atoms with Crippen LogP contribution in [0.25, 0.3) is 0 Å². The number of carbonyl (C=O) groups excluding carboxylic acids is 1. The van der Waals surface area contributed by atoms with Gasteiger partial charge in [0.05, 0.1) is 0 Å². The lowest BCUT2D eigenvalue weighted by Gasteiger charge is -2.44. The molecule has 0 aromatic rings. The van der Waals surface area contributed by atoms with Gasteiger partial charge in [0.2, 0.25) is 0 Å². The van der Waals surface area contributed by atoms with Gasteiger partial charge in [0.15, 0.2) is 5.78 Å². The van der Waals surface area contributed by atoms with E-state index in [1.807, 2.05) is 13.8 Å². The summed E-state index contributed by atoms with van der Waals surface area (Å²) in [7, 11) is 0. The molecule has 114 valence electrons. The minimum atomic E-state index is -1.22. The largest absolute Gasteiger partial charge is 0.478 e. The van der Waals surface area contributed by atoms with Crippen molar-refractivity contribution >= 4 is 11.8 Å². The first-order valence-electron chi connectivity index (χ1n) is 7.26. The monoisotopic (exact) mass is 290 g/mol. The van der Waals surface area contributed by atoms with E-state index in [2.05, 4.69) is 0 Å². The van der Waals surface area contributed by atoms with Gasteiger partial charge in [0.1, 0.15) is 5.60 Å². The van der Waals surface area contributed by atoms with E-state index in [-0.39, 0.29) is 12.2 Å². The Morgan fingerprint density at radius 2 is 2.00 bits per heavy atom. The second-order valence-corrected chi connectivity index (χ2v) is 6.62. The molecule has 2 aliphatic rings. The number of ketones is 1. The topological polar surface area (TPSA) is 74.6 Å². The molecule has 0 aliphatic heterocycles. The standard InChI is InChI=1S/C17H22O4/c1-11-9-13(18)10-16(2,3)17(11,21)8-7-12-5-4-6-14(12)15(19)20/h7-9,21H,4-6,10H2,1-3H3,(H,19,20). The fourth-order valence-corrected chi connectivity index (χ4v) is 3.28. The summed E-state index contributed by atoms with van der Waals surface area (Å²) in [5.74, 6) is -0.869. The second-order valence-electron chi connectivity index (χ2n) is 6.62. The van der Waals surface area contributed by atoms with Crippen molar-refractivity contribution in [2.24, 2.45) is 5.41 Å². The lowest BCUT2D eigenvalue weighted by molar-refractivity contribution is -0.132.